The number of benzene rings is 1. The Bertz CT molecular complexity index is 586. The van der Waals surface area contributed by atoms with Gasteiger partial charge in [0.1, 0.15) is 0 Å². The maximum absolute atomic E-state index is 13.2. The fourth-order valence-corrected chi connectivity index (χ4v) is 4.09. The summed E-state index contributed by atoms with van der Waals surface area (Å²) in [5, 5.41) is 11.0. The molecule has 1 amide bonds. The van der Waals surface area contributed by atoms with Gasteiger partial charge in [-0.15, -0.1) is 0 Å². The summed E-state index contributed by atoms with van der Waals surface area (Å²) >= 11 is 0. The van der Waals surface area contributed by atoms with Gasteiger partial charge in [-0.05, 0) is 38.2 Å². The topological polar surface area (TPSA) is 63.5 Å². The Kier molecular flexibility index (Phi) is 4.64. The smallest absolute Gasteiger partial charge is 0.270 e. The fourth-order valence-electron chi connectivity index (χ4n) is 4.09. The number of hydrogen-bond donors (Lipinski definition) is 0. The molecule has 2 aliphatic rings. The first-order chi connectivity index (χ1) is 11.1. The van der Waals surface area contributed by atoms with Gasteiger partial charge < -0.3 is 4.90 Å². The van der Waals surface area contributed by atoms with Crippen molar-refractivity contribution in [1.29, 1.82) is 0 Å². The number of rotatable bonds is 4. The molecule has 5 heteroatoms. The van der Waals surface area contributed by atoms with Crippen molar-refractivity contribution in [3.05, 3.63) is 39.4 Å². The van der Waals surface area contributed by atoms with Crippen molar-refractivity contribution in [3.8, 4) is 0 Å². The van der Waals surface area contributed by atoms with Crippen molar-refractivity contribution in [2.24, 2.45) is 0 Å². The van der Waals surface area contributed by atoms with Gasteiger partial charge >= 0.3 is 0 Å². The minimum atomic E-state index is -0.425. The summed E-state index contributed by atoms with van der Waals surface area (Å²) in [4.78, 5) is 25.9. The van der Waals surface area contributed by atoms with Crippen molar-refractivity contribution in [1.82, 2.24) is 4.90 Å². The Labute approximate surface area is 136 Å². The summed E-state index contributed by atoms with van der Waals surface area (Å²) in [7, 11) is 0. The van der Waals surface area contributed by atoms with E-state index in [1.165, 1.54) is 37.8 Å². The Morgan fingerprint density at radius 1 is 1.09 bits per heavy atom. The Morgan fingerprint density at radius 3 is 2.09 bits per heavy atom. The number of aryl methyl sites for hydroxylation is 1. The number of carbonyl (C=O) groups is 1. The lowest BCUT2D eigenvalue weighted by atomic mass is 10.0. The number of nitro groups is 1. The van der Waals surface area contributed by atoms with Crippen LogP contribution in [0.5, 0.6) is 0 Å². The highest BCUT2D eigenvalue weighted by atomic mass is 16.6. The van der Waals surface area contributed by atoms with E-state index in [0.29, 0.717) is 17.6 Å². The predicted molar refractivity (Wildman–Crippen MR) is 88.5 cm³/mol. The first-order valence-electron chi connectivity index (χ1n) is 8.65. The molecule has 2 aliphatic carbocycles. The normalized spacial score (nSPS) is 19.2. The van der Waals surface area contributed by atoms with Crippen LogP contribution in [0.1, 0.15) is 67.3 Å². The van der Waals surface area contributed by atoms with Gasteiger partial charge in [-0.25, -0.2) is 0 Å². The lowest BCUT2D eigenvalue weighted by Crippen LogP contribution is -2.45. The van der Waals surface area contributed by atoms with Gasteiger partial charge in [-0.2, -0.15) is 0 Å². The molecule has 5 nitrogen and oxygen atoms in total. The SMILES string of the molecule is Cc1ccc([N+](=O)[O-])cc1C(=O)N(C1CCCC1)C1CCCC1. The zero-order valence-electron chi connectivity index (χ0n) is 13.7. The minimum Gasteiger partial charge on any atom is -0.333 e. The Hall–Kier alpha value is -1.91. The van der Waals surface area contributed by atoms with Gasteiger partial charge in [-0.3, -0.25) is 14.9 Å². The summed E-state index contributed by atoms with van der Waals surface area (Å²) < 4.78 is 0. The molecule has 3 rings (SSSR count). The van der Waals surface area contributed by atoms with Gasteiger partial charge in [0.05, 0.1) is 4.92 Å². The molecule has 0 N–H and O–H groups in total. The molecule has 1 aromatic rings. The van der Waals surface area contributed by atoms with E-state index in [9.17, 15) is 14.9 Å². The molecule has 0 saturated heterocycles. The first kappa shape index (κ1) is 16.0. The Morgan fingerprint density at radius 2 is 1.61 bits per heavy atom. The maximum Gasteiger partial charge on any atom is 0.270 e. The van der Waals surface area contributed by atoms with Gasteiger partial charge in [0, 0.05) is 29.8 Å². The molecule has 0 atom stereocenters. The van der Waals surface area contributed by atoms with Crippen LogP contribution in [0.3, 0.4) is 0 Å². The highest BCUT2D eigenvalue weighted by Crippen LogP contribution is 2.33. The zero-order chi connectivity index (χ0) is 16.4. The highest BCUT2D eigenvalue weighted by molar-refractivity contribution is 5.96. The second-order valence-electron chi connectivity index (χ2n) is 6.85. The lowest BCUT2D eigenvalue weighted by molar-refractivity contribution is -0.384. The van der Waals surface area contributed by atoms with Gasteiger partial charge in [-0.1, -0.05) is 31.7 Å². The number of amides is 1. The maximum atomic E-state index is 13.2. The van der Waals surface area contributed by atoms with Crippen molar-refractivity contribution < 1.29 is 9.72 Å². The lowest BCUT2D eigenvalue weighted by Gasteiger charge is -2.35. The average Bonchev–Trinajstić information content (AvgIpc) is 3.21. The summed E-state index contributed by atoms with van der Waals surface area (Å²) in [6.45, 7) is 1.86. The van der Waals surface area contributed by atoms with Crippen LogP contribution in [-0.4, -0.2) is 27.8 Å². The monoisotopic (exact) mass is 316 g/mol. The van der Waals surface area contributed by atoms with E-state index in [0.717, 1.165) is 31.2 Å². The molecule has 2 saturated carbocycles. The van der Waals surface area contributed by atoms with E-state index in [1.807, 2.05) is 6.92 Å². The number of nitro benzene ring substituents is 1. The zero-order valence-corrected chi connectivity index (χ0v) is 13.7. The molecule has 0 heterocycles. The molecule has 0 spiro atoms. The molecule has 0 aromatic heterocycles. The third kappa shape index (κ3) is 3.23. The minimum absolute atomic E-state index is 0.00301. The second kappa shape index (κ2) is 6.69. The fraction of sp³-hybridized carbons (Fsp3) is 0.611. The van der Waals surface area contributed by atoms with E-state index in [-0.39, 0.29) is 11.6 Å². The van der Waals surface area contributed by atoms with E-state index in [4.69, 9.17) is 0 Å². The second-order valence-corrected chi connectivity index (χ2v) is 6.85. The van der Waals surface area contributed by atoms with E-state index < -0.39 is 4.92 Å². The summed E-state index contributed by atoms with van der Waals surface area (Å²) in [6.07, 6.45) is 8.97. The average molecular weight is 316 g/mol. The summed E-state index contributed by atoms with van der Waals surface area (Å²) in [5.41, 5.74) is 1.32. The molecule has 0 aliphatic heterocycles. The van der Waals surface area contributed by atoms with Crippen LogP contribution in [0.2, 0.25) is 0 Å². The van der Waals surface area contributed by atoms with Crippen LogP contribution in [0.25, 0.3) is 0 Å². The van der Waals surface area contributed by atoms with Crippen LogP contribution in [0.15, 0.2) is 18.2 Å². The van der Waals surface area contributed by atoms with Crippen LogP contribution >= 0.6 is 0 Å². The first-order valence-corrected chi connectivity index (χ1v) is 8.65. The highest BCUT2D eigenvalue weighted by Gasteiger charge is 2.35. The molecule has 0 unspecified atom stereocenters. The molecule has 0 bridgehead atoms. The number of hydrogen-bond acceptors (Lipinski definition) is 3. The number of non-ortho nitro benzene ring substituents is 1. The largest absolute Gasteiger partial charge is 0.333 e. The Balaban J connectivity index is 1.93. The van der Waals surface area contributed by atoms with Gasteiger partial charge in [0.15, 0.2) is 0 Å². The standard InChI is InChI=1S/C18H24N2O3/c1-13-10-11-16(20(22)23)12-17(13)18(21)19(14-6-2-3-7-14)15-8-4-5-9-15/h10-12,14-15H,2-9H2,1H3. The van der Waals surface area contributed by atoms with E-state index in [1.54, 1.807) is 6.07 Å². The van der Waals surface area contributed by atoms with Gasteiger partial charge in [0.2, 0.25) is 0 Å². The molecule has 0 radical (unpaired) electrons. The van der Waals surface area contributed by atoms with E-state index in [2.05, 4.69) is 4.90 Å². The van der Waals surface area contributed by atoms with Crippen molar-refractivity contribution in [2.75, 3.05) is 0 Å². The quantitative estimate of drug-likeness (QED) is 0.617. The van der Waals surface area contributed by atoms with Crippen molar-refractivity contribution in [2.45, 2.75) is 70.4 Å². The molecular weight excluding hydrogens is 292 g/mol. The van der Waals surface area contributed by atoms with Crippen LogP contribution in [0.4, 0.5) is 5.69 Å². The predicted octanol–water partition coefficient (Wildman–Crippen LogP) is 4.23. The van der Waals surface area contributed by atoms with Gasteiger partial charge in [0.25, 0.3) is 11.6 Å². The molecule has 2 fully saturated rings. The van der Waals surface area contributed by atoms with Crippen LogP contribution in [-0.2, 0) is 0 Å². The van der Waals surface area contributed by atoms with Crippen LogP contribution in [0, 0.1) is 17.0 Å². The van der Waals surface area contributed by atoms with Crippen LogP contribution < -0.4 is 0 Å². The summed E-state index contributed by atoms with van der Waals surface area (Å²) in [6, 6.07) is 5.23. The number of carbonyl (C=O) groups excluding carboxylic acids is 1. The molecule has 124 valence electrons. The molecule has 23 heavy (non-hydrogen) atoms. The summed E-state index contributed by atoms with van der Waals surface area (Å²) in [5.74, 6) is -0.00926. The molecule has 1 aromatic carbocycles. The third-order valence-electron chi connectivity index (χ3n) is 5.33. The third-order valence-corrected chi connectivity index (χ3v) is 5.33. The van der Waals surface area contributed by atoms with Crippen molar-refractivity contribution in [3.63, 3.8) is 0 Å². The number of nitrogens with zero attached hydrogens (tertiary/aromatic N) is 2. The van der Waals surface area contributed by atoms with Crippen molar-refractivity contribution >= 4 is 11.6 Å². The van der Waals surface area contributed by atoms with E-state index >= 15 is 0 Å². The molecular formula is C18H24N2O3.